The fourth-order valence-electron chi connectivity index (χ4n) is 1.77. The molecule has 1 amide bonds. The molecule has 0 saturated carbocycles. The molecule has 2 aromatic rings. The number of anilines is 1. The van der Waals surface area contributed by atoms with E-state index in [0.717, 1.165) is 12.0 Å². The number of esters is 1. The number of carbonyl (C=O) groups excluding carboxylic acids is 2. The quantitative estimate of drug-likeness (QED) is 0.829. The van der Waals surface area contributed by atoms with Crippen LogP contribution >= 0.6 is 22.7 Å². The largest absolute Gasteiger partial charge is 0.466 e. The number of carbonyl (C=O) groups is 2. The van der Waals surface area contributed by atoms with Crippen molar-refractivity contribution in [3.05, 3.63) is 33.0 Å². The van der Waals surface area contributed by atoms with Gasteiger partial charge in [0.25, 0.3) is 5.91 Å². The lowest BCUT2D eigenvalue weighted by Crippen LogP contribution is -2.12. The van der Waals surface area contributed by atoms with Crippen molar-refractivity contribution in [1.82, 2.24) is 4.98 Å². The second-order valence-electron chi connectivity index (χ2n) is 4.21. The maximum absolute atomic E-state index is 12.2. The maximum atomic E-state index is 12.2. The number of hydrogen-bond acceptors (Lipinski definition) is 6. The smallest absolute Gasteiger partial charge is 0.311 e. The van der Waals surface area contributed by atoms with Crippen LogP contribution in [0, 0.1) is 0 Å². The number of thiophene rings is 1. The lowest BCUT2D eigenvalue weighted by atomic mass is 10.2. The van der Waals surface area contributed by atoms with Gasteiger partial charge in [-0.25, -0.2) is 4.98 Å². The van der Waals surface area contributed by atoms with Crippen LogP contribution in [0.3, 0.4) is 0 Å². The number of rotatable bonds is 6. The molecular formula is C14H16N2O3S2. The first-order valence-corrected chi connectivity index (χ1v) is 8.37. The molecule has 0 radical (unpaired) electrons. The number of aryl methyl sites for hydroxylation is 1. The van der Waals surface area contributed by atoms with Gasteiger partial charge in [0.1, 0.15) is 0 Å². The Balaban J connectivity index is 1.99. The van der Waals surface area contributed by atoms with Crippen LogP contribution in [0.25, 0.3) is 0 Å². The second kappa shape index (κ2) is 7.33. The van der Waals surface area contributed by atoms with Crippen LogP contribution in [0.1, 0.15) is 34.8 Å². The third-order valence-corrected chi connectivity index (χ3v) is 4.50. The van der Waals surface area contributed by atoms with Crippen LogP contribution in [0.5, 0.6) is 0 Å². The predicted molar refractivity (Wildman–Crippen MR) is 84.1 cm³/mol. The average molecular weight is 324 g/mol. The summed E-state index contributed by atoms with van der Waals surface area (Å²) < 4.78 is 4.87. The molecule has 0 aromatic carbocycles. The fourth-order valence-corrected chi connectivity index (χ4v) is 3.37. The molecule has 21 heavy (non-hydrogen) atoms. The summed E-state index contributed by atoms with van der Waals surface area (Å²) in [7, 11) is 0. The Bertz CT molecular complexity index is 634. The molecule has 0 aliphatic rings. The van der Waals surface area contributed by atoms with Gasteiger partial charge >= 0.3 is 5.97 Å². The summed E-state index contributed by atoms with van der Waals surface area (Å²) in [4.78, 5) is 28.5. The summed E-state index contributed by atoms with van der Waals surface area (Å²) in [6.45, 7) is 4.13. The van der Waals surface area contributed by atoms with Gasteiger partial charge in [-0.15, -0.1) is 22.7 Å². The zero-order chi connectivity index (χ0) is 15.2. The number of nitrogens with zero attached hydrogens (tertiary/aromatic N) is 1. The van der Waals surface area contributed by atoms with Crippen molar-refractivity contribution in [1.29, 1.82) is 0 Å². The van der Waals surface area contributed by atoms with Crippen LogP contribution < -0.4 is 5.32 Å². The van der Waals surface area contributed by atoms with Gasteiger partial charge < -0.3 is 4.74 Å². The molecule has 2 rings (SSSR count). The summed E-state index contributed by atoms with van der Waals surface area (Å²) in [5, 5.41) is 6.92. The van der Waals surface area contributed by atoms with Crippen molar-refractivity contribution in [3.63, 3.8) is 0 Å². The van der Waals surface area contributed by atoms with Gasteiger partial charge in [0, 0.05) is 5.38 Å². The Labute approximate surface area is 131 Å². The molecule has 0 bridgehead atoms. The van der Waals surface area contributed by atoms with Gasteiger partial charge in [-0.05, 0) is 30.4 Å². The third kappa shape index (κ3) is 4.12. The molecule has 2 heterocycles. The van der Waals surface area contributed by atoms with E-state index in [0.29, 0.717) is 22.3 Å². The number of aromatic nitrogens is 1. The Hall–Kier alpha value is -1.73. The van der Waals surface area contributed by atoms with Gasteiger partial charge in [0.2, 0.25) is 0 Å². The van der Waals surface area contributed by atoms with Crippen molar-refractivity contribution >= 4 is 39.7 Å². The van der Waals surface area contributed by atoms with Crippen LogP contribution in [0.15, 0.2) is 16.8 Å². The SMILES string of the molecule is CCOC(=O)Cc1csc(NC(=O)c2sccc2CC)n1. The molecule has 0 atom stereocenters. The summed E-state index contributed by atoms with van der Waals surface area (Å²) >= 11 is 2.72. The summed E-state index contributed by atoms with van der Waals surface area (Å²) in [5.74, 6) is -0.467. The molecule has 0 fully saturated rings. The van der Waals surface area contributed by atoms with Gasteiger partial charge in [0.05, 0.1) is 23.6 Å². The number of nitrogens with one attached hydrogen (secondary N) is 1. The number of amides is 1. The molecule has 0 aliphatic carbocycles. The molecule has 7 heteroatoms. The highest BCUT2D eigenvalue weighted by Crippen LogP contribution is 2.21. The monoisotopic (exact) mass is 324 g/mol. The fraction of sp³-hybridized carbons (Fsp3) is 0.357. The predicted octanol–water partition coefficient (Wildman–Crippen LogP) is 3.12. The molecular weight excluding hydrogens is 308 g/mol. The Morgan fingerprint density at radius 2 is 2.14 bits per heavy atom. The van der Waals surface area contributed by atoms with Crippen molar-refractivity contribution in [2.45, 2.75) is 26.7 Å². The summed E-state index contributed by atoms with van der Waals surface area (Å²) in [6.07, 6.45) is 0.942. The van der Waals surface area contributed by atoms with E-state index in [1.807, 2.05) is 18.4 Å². The van der Waals surface area contributed by atoms with E-state index in [2.05, 4.69) is 10.3 Å². The molecule has 0 saturated heterocycles. The average Bonchev–Trinajstić information content (AvgIpc) is 3.07. The molecule has 0 spiro atoms. The molecule has 0 aliphatic heterocycles. The molecule has 2 aromatic heterocycles. The van der Waals surface area contributed by atoms with Crippen LogP contribution in [-0.4, -0.2) is 23.5 Å². The number of thiazole rings is 1. The molecule has 1 N–H and O–H groups in total. The zero-order valence-electron chi connectivity index (χ0n) is 11.8. The minimum atomic E-state index is -0.313. The first-order chi connectivity index (χ1) is 10.1. The summed E-state index contributed by atoms with van der Waals surface area (Å²) in [6, 6.07) is 1.95. The highest BCUT2D eigenvalue weighted by Gasteiger charge is 2.14. The molecule has 5 nitrogen and oxygen atoms in total. The normalized spacial score (nSPS) is 10.4. The highest BCUT2D eigenvalue weighted by atomic mass is 32.1. The zero-order valence-corrected chi connectivity index (χ0v) is 13.5. The standard InChI is InChI=1S/C14H16N2O3S2/c1-3-9-5-6-20-12(9)13(18)16-14-15-10(8-21-14)7-11(17)19-4-2/h5-6,8H,3-4,7H2,1-2H3,(H,15,16,18). The van der Waals surface area contributed by atoms with Crippen molar-refractivity contribution < 1.29 is 14.3 Å². The number of ether oxygens (including phenoxy) is 1. The Morgan fingerprint density at radius 3 is 2.86 bits per heavy atom. The first kappa shape index (κ1) is 15.7. The van der Waals surface area contributed by atoms with E-state index in [-0.39, 0.29) is 18.3 Å². The van der Waals surface area contributed by atoms with Gasteiger partial charge in [-0.1, -0.05) is 6.92 Å². The minimum Gasteiger partial charge on any atom is -0.466 e. The Kier molecular flexibility index (Phi) is 5.46. The lowest BCUT2D eigenvalue weighted by molar-refractivity contribution is -0.142. The molecule has 112 valence electrons. The molecule has 0 unspecified atom stereocenters. The van der Waals surface area contributed by atoms with Crippen LogP contribution in [0.4, 0.5) is 5.13 Å². The minimum absolute atomic E-state index is 0.124. The summed E-state index contributed by atoms with van der Waals surface area (Å²) in [5.41, 5.74) is 1.64. The van der Waals surface area contributed by atoms with Crippen LogP contribution in [-0.2, 0) is 22.4 Å². The van der Waals surface area contributed by atoms with E-state index in [1.54, 1.807) is 12.3 Å². The Morgan fingerprint density at radius 1 is 1.33 bits per heavy atom. The topological polar surface area (TPSA) is 68.3 Å². The first-order valence-electron chi connectivity index (χ1n) is 6.61. The lowest BCUT2D eigenvalue weighted by Gasteiger charge is -2.01. The van der Waals surface area contributed by atoms with Gasteiger partial charge in [-0.3, -0.25) is 14.9 Å². The van der Waals surface area contributed by atoms with E-state index < -0.39 is 0 Å². The van der Waals surface area contributed by atoms with Crippen molar-refractivity contribution in [2.24, 2.45) is 0 Å². The highest BCUT2D eigenvalue weighted by molar-refractivity contribution is 7.14. The number of hydrogen-bond donors (Lipinski definition) is 1. The van der Waals surface area contributed by atoms with E-state index >= 15 is 0 Å². The van der Waals surface area contributed by atoms with Gasteiger partial charge in [0.15, 0.2) is 5.13 Å². The van der Waals surface area contributed by atoms with E-state index in [1.165, 1.54) is 22.7 Å². The van der Waals surface area contributed by atoms with E-state index in [9.17, 15) is 9.59 Å². The van der Waals surface area contributed by atoms with E-state index in [4.69, 9.17) is 4.74 Å². The van der Waals surface area contributed by atoms with Crippen molar-refractivity contribution in [2.75, 3.05) is 11.9 Å². The second-order valence-corrected chi connectivity index (χ2v) is 5.98. The maximum Gasteiger partial charge on any atom is 0.311 e. The van der Waals surface area contributed by atoms with Crippen molar-refractivity contribution in [3.8, 4) is 0 Å². The van der Waals surface area contributed by atoms with Crippen LogP contribution in [0.2, 0.25) is 0 Å². The van der Waals surface area contributed by atoms with Gasteiger partial charge in [-0.2, -0.15) is 0 Å². The third-order valence-electron chi connectivity index (χ3n) is 2.74.